The fraction of sp³-hybridized carbons (Fsp3) is 1.00. The van der Waals surface area contributed by atoms with Gasteiger partial charge < -0.3 is 10.4 Å². The van der Waals surface area contributed by atoms with Gasteiger partial charge in [-0.15, -0.1) is 0 Å². The van der Waals surface area contributed by atoms with Crippen LogP contribution in [0.2, 0.25) is 0 Å². The highest BCUT2D eigenvalue weighted by molar-refractivity contribution is 4.88. The number of likely N-dealkylation sites (N-methyl/N-ethyl adjacent to an activating group) is 1. The minimum Gasteiger partial charge on any atom is -0.388 e. The van der Waals surface area contributed by atoms with E-state index in [1.807, 2.05) is 0 Å². The molecule has 1 fully saturated rings. The lowest BCUT2D eigenvalue weighted by atomic mass is 9.91. The molecule has 3 heteroatoms. The van der Waals surface area contributed by atoms with E-state index in [0.29, 0.717) is 6.04 Å². The number of nitrogens with one attached hydrogen (secondary N) is 1. The van der Waals surface area contributed by atoms with Crippen molar-refractivity contribution in [2.75, 3.05) is 26.2 Å². The maximum atomic E-state index is 10.4. The Labute approximate surface area is 93.9 Å². The van der Waals surface area contributed by atoms with Gasteiger partial charge in [-0.05, 0) is 45.8 Å². The zero-order chi connectivity index (χ0) is 11.3. The molecule has 0 aromatic rings. The zero-order valence-corrected chi connectivity index (χ0v) is 10.4. The Morgan fingerprint density at radius 3 is 2.40 bits per heavy atom. The van der Waals surface area contributed by atoms with E-state index in [-0.39, 0.29) is 0 Å². The molecule has 0 bridgehead atoms. The summed E-state index contributed by atoms with van der Waals surface area (Å²) in [7, 11) is 0. The smallest absolute Gasteiger partial charge is 0.0798 e. The molecule has 0 spiro atoms. The highest BCUT2D eigenvalue weighted by Crippen LogP contribution is 2.20. The topological polar surface area (TPSA) is 35.5 Å². The standard InChI is InChI=1S/C12H26N2O/c1-4-11(3)14(5-2)10-12(15)6-8-13-9-7-12/h11,13,15H,4-10H2,1-3H3. The second kappa shape index (κ2) is 5.83. The van der Waals surface area contributed by atoms with Crippen molar-refractivity contribution in [1.82, 2.24) is 10.2 Å². The molecule has 15 heavy (non-hydrogen) atoms. The van der Waals surface area contributed by atoms with Crippen LogP contribution in [0, 0.1) is 0 Å². The van der Waals surface area contributed by atoms with E-state index in [1.54, 1.807) is 0 Å². The van der Waals surface area contributed by atoms with Crippen molar-refractivity contribution in [3.63, 3.8) is 0 Å². The van der Waals surface area contributed by atoms with Gasteiger partial charge in [0.15, 0.2) is 0 Å². The molecule has 0 saturated carbocycles. The van der Waals surface area contributed by atoms with E-state index >= 15 is 0 Å². The molecular weight excluding hydrogens is 188 g/mol. The van der Waals surface area contributed by atoms with Gasteiger partial charge in [0.05, 0.1) is 5.60 Å². The predicted molar refractivity (Wildman–Crippen MR) is 64.1 cm³/mol. The van der Waals surface area contributed by atoms with Crippen LogP contribution in [-0.2, 0) is 0 Å². The first-order chi connectivity index (χ1) is 7.11. The highest BCUT2D eigenvalue weighted by atomic mass is 16.3. The lowest BCUT2D eigenvalue weighted by molar-refractivity contribution is -0.0284. The maximum absolute atomic E-state index is 10.4. The van der Waals surface area contributed by atoms with Crippen LogP contribution in [0.4, 0.5) is 0 Å². The molecule has 1 aliphatic rings. The summed E-state index contributed by atoms with van der Waals surface area (Å²) in [4.78, 5) is 2.39. The Balaban J connectivity index is 2.48. The first-order valence-corrected chi connectivity index (χ1v) is 6.28. The third kappa shape index (κ3) is 3.74. The average Bonchev–Trinajstić information content (AvgIpc) is 2.26. The molecule has 0 radical (unpaired) electrons. The Kier molecular flexibility index (Phi) is 5.03. The molecule has 1 rings (SSSR count). The molecule has 1 atom stereocenters. The number of piperidine rings is 1. The summed E-state index contributed by atoms with van der Waals surface area (Å²) in [6.45, 7) is 10.4. The van der Waals surface area contributed by atoms with Gasteiger partial charge in [0, 0.05) is 12.6 Å². The molecular formula is C12H26N2O. The largest absolute Gasteiger partial charge is 0.388 e. The van der Waals surface area contributed by atoms with Gasteiger partial charge in [0.2, 0.25) is 0 Å². The molecule has 1 heterocycles. The van der Waals surface area contributed by atoms with Crippen molar-refractivity contribution in [2.24, 2.45) is 0 Å². The third-order valence-corrected chi connectivity index (χ3v) is 3.65. The Morgan fingerprint density at radius 1 is 1.33 bits per heavy atom. The zero-order valence-electron chi connectivity index (χ0n) is 10.4. The SMILES string of the molecule is CCC(C)N(CC)CC1(O)CCNCC1. The van der Waals surface area contributed by atoms with Crippen LogP contribution in [0.15, 0.2) is 0 Å². The van der Waals surface area contributed by atoms with Gasteiger partial charge >= 0.3 is 0 Å². The maximum Gasteiger partial charge on any atom is 0.0798 e. The van der Waals surface area contributed by atoms with Crippen molar-refractivity contribution in [1.29, 1.82) is 0 Å². The van der Waals surface area contributed by atoms with E-state index in [0.717, 1.165) is 45.4 Å². The molecule has 1 saturated heterocycles. The number of aliphatic hydroxyl groups is 1. The minimum atomic E-state index is -0.454. The summed E-state index contributed by atoms with van der Waals surface area (Å²) in [6.07, 6.45) is 2.93. The van der Waals surface area contributed by atoms with Crippen LogP contribution in [-0.4, -0.2) is 47.8 Å². The summed E-state index contributed by atoms with van der Waals surface area (Å²) in [5.74, 6) is 0. The highest BCUT2D eigenvalue weighted by Gasteiger charge is 2.31. The summed E-state index contributed by atoms with van der Waals surface area (Å²) in [5, 5.41) is 13.7. The molecule has 0 aromatic carbocycles. The second-order valence-corrected chi connectivity index (χ2v) is 4.79. The summed E-state index contributed by atoms with van der Waals surface area (Å²) in [5.41, 5.74) is -0.454. The molecule has 1 unspecified atom stereocenters. The lowest BCUT2D eigenvalue weighted by Crippen LogP contribution is -2.51. The van der Waals surface area contributed by atoms with Crippen molar-refractivity contribution >= 4 is 0 Å². The first kappa shape index (κ1) is 12.9. The monoisotopic (exact) mass is 214 g/mol. The molecule has 1 aliphatic heterocycles. The number of nitrogens with zero attached hydrogens (tertiary/aromatic N) is 1. The van der Waals surface area contributed by atoms with Gasteiger partial charge in [0.1, 0.15) is 0 Å². The van der Waals surface area contributed by atoms with Crippen LogP contribution < -0.4 is 5.32 Å². The van der Waals surface area contributed by atoms with Crippen LogP contribution >= 0.6 is 0 Å². The van der Waals surface area contributed by atoms with Gasteiger partial charge in [-0.3, -0.25) is 4.90 Å². The van der Waals surface area contributed by atoms with E-state index < -0.39 is 5.60 Å². The number of hydrogen-bond donors (Lipinski definition) is 2. The lowest BCUT2D eigenvalue weighted by Gasteiger charge is -2.39. The first-order valence-electron chi connectivity index (χ1n) is 6.28. The van der Waals surface area contributed by atoms with Crippen molar-refractivity contribution in [3.8, 4) is 0 Å². The van der Waals surface area contributed by atoms with Crippen LogP contribution in [0.25, 0.3) is 0 Å². The van der Waals surface area contributed by atoms with Crippen LogP contribution in [0.1, 0.15) is 40.0 Å². The van der Waals surface area contributed by atoms with Crippen molar-refractivity contribution < 1.29 is 5.11 Å². The van der Waals surface area contributed by atoms with Crippen LogP contribution in [0.3, 0.4) is 0 Å². The normalized spacial score (nSPS) is 23.0. The molecule has 0 aliphatic carbocycles. The van der Waals surface area contributed by atoms with E-state index in [9.17, 15) is 5.11 Å². The summed E-state index contributed by atoms with van der Waals surface area (Å²) in [6, 6.07) is 0.578. The second-order valence-electron chi connectivity index (χ2n) is 4.79. The van der Waals surface area contributed by atoms with E-state index in [1.165, 1.54) is 0 Å². The summed E-state index contributed by atoms with van der Waals surface area (Å²) >= 11 is 0. The molecule has 2 N–H and O–H groups in total. The fourth-order valence-electron chi connectivity index (χ4n) is 2.27. The molecule has 90 valence electrons. The summed E-state index contributed by atoms with van der Waals surface area (Å²) < 4.78 is 0. The Morgan fingerprint density at radius 2 is 1.93 bits per heavy atom. The predicted octanol–water partition coefficient (Wildman–Crippen LogP) is 1.22. The van der Waals surface area contributed by atoms with Gasteiger partial charge in [-0.25, -0.2) is 0 Å². The number of rotatable bonds is 5. The number of hydrogen-bond acceptors (Lipinski definition) is 3. The molecule has 0 aromatic heterocycles. The molecule has 3 nitrogen and oxygen atoms in total. The van der Waals surface area contributed by atoms with Crippen molar-refractivity contribution in [3.05, 3.63) is 0 Å². The van der Waals surface area contributed by atoms with Gasteiger partial charge in [0.25, 0.3) is 0 Å². The fourth-order valence-corrected chi connectivity index (χ4v) is 2.27. The quantitative estimate of drug-likeness (QED) is 0.722. The molecule has 0 amide bonds. The van der Waals surface area contributed by atoms with Gasteiger partial charge in [-0.2, -0.15) is 0 Å². The Hall–Kier alpha value is -0.120. The Bertz CT molecular complexity index is 178. The third-order valence-electron chi connectivity index (χ3n) is 3.65. The van der Waals surface area contributed by atoms with E-state index in [4.69, 9.17) is 0 Å². The average molecular weight is 214 g/mol. The minimum absolute atomic E-state index is 0.454. The van der Waals surface area contributed by atoms with Crippen LogP contribution in [0.5, 0.6) is 0 Å². The van der Waals surface area contributed by atoms with Crippen molar-refractivity contribution in [2.45, 2.75) is 51.7 Å². The van der Waals surface area contributed by atoms with Gasteiger partial charge in [-0.1, -0.05) is 13.8 Å². The van der Waals surface area contributed by atoms with E-state index in [2.05, 4.69) is 31.0 Å².